The Morgan fingerprint density at radius 1 is 0.911 bits per heavy atom. The summed E-state index contributed by atoms with van der Waals surface area (Å²) in [4.78, 5) is 11.6. The fraction of sp³-hybridized carbons (Fsp3) is 0.200. The second-order valence-electron chi connectivity index (χ2n) is 8.65. The number of carbonyl (C=O) groups is 1. The van der Waals surface area contributed by atoms with Crippen LogP contribution < -0.4 is 15.1 Å². The van der Waals surface area contributed by atoms with E-state index in [0.29, 0.717) is 0 Å². The molecule has 0 bridgehead atoms. The van der Waals surface area contributed by atoms with Crippen LogP contribution in [0.5, 0.6) is 5.75 Å². The molecule has 0 radical (unpaired) electrons. The largest absolute Gasteiger partial charge is 0.457 e. The molecule has 3 aromatic carbocycles. The lowest BCUT2D eigenvalue weighted by atomic mass is 9.87. The molecule has 0 saturated carbocycles. The van der Waals surface area contributed by atoms with Gasteiger partial charge in [0.15, 0.2) is 11.6 Å². The molecule has 2 N–H and O–H groups in total. The van der Waals surface area contributed by atoms with Crippen LogP contribution in [0.2, 0.25) is 0 Å². The SMILES string of the molecule is O=C(c1ccc(F)cc1)N(O)c1cccc(C(=S)Nc2c(Br)cc(C(F)(C(F)(F)F)C(F)(F)C(F)(F)F)cc2OC(F)F)c1F. The molecule has 0 fully saturated rings. The Hall–Kier alpha value is -3.65. The van der Waals surface area contributed by atoms with Gasteiger partial charge < -0.3 is 10.1 Å². The Morgan fingerprint density at radius 3 is 2.00 bits per heavy atom. The lowest BCUT2D eigenvalue weighted by Gasteiger charge is -2.36. The van der Waals surface area contributed by atoms with E-state index < -0.39 is 91.9 Å². The number of anilines is 2. The topological polar surface area (TPSA) is 61.8 Å². The predicted molar refractivity (Wildman–Crippen MR) is 137 cm³/mol. The summed E-state index contributed by atoms with van der Waals surface area (Å²) in [6.45, 7) is -3.98. The lowest BCUT2D eigenvalue weighted by molar-refractivity contribution is -0.389. The molecule has 0 aromatic heterocycles. The molecule has 1 unspecified atom stereocenters. The summed E-state index contributed by atoms with van der Waals surface area (Å²) in [5.74, 6) is -12.3. The first-order valence-corrected chi connectivity index (χ1v) is 12.6. The highest BCUT2D eigenvalue weighted by atomic mass is 79.9. The van der Waals surface area contributed by atoms with Crippen molar-refractivity contribution in [3.8, 4) is 5.75 Å². The van der Waals surface area contributed by atoms with Gasteiger partial charge in [-0.1, -0.05) is 18.3 Å². The zero-order valence-corrected chi connectivity index (χ0v) is 23.6. The van der Waals surface area contributed by atoms with Crippen molar-refractivity contribution in [2.24, 2.45) is 0 Å². The van der Waals surface area contributed by atoms with Gasteiger partial charge >= 0.3 is 30.6 Å². The van der Waals surface area contributed by atoms with Gasteiger partial charge in [-0.15, -0.1) is 0 Å². The highest BCUT2D eigenvalue weighted by Crippen LogP contribution is 2.59. The number of nitrogens with zero attached hydrogens (tertiary/aromatic N) is 1. The summed E-state index contributed by atoms with van der Waals surface area (Å²) >= 11 is 7.40. The number of alkyl halides is 11. The Balaban J connectivity index is 2.09. The standard InChI is InChI=1S/C25H12BrF13N2O3S/c26-14-8-11(22(31,24(34,35)36)23(32,33)25(37,38)39)9-16(44-21(29)30)18(14)40-19(45)13-2-1-3-15(17(13)28)41(43)20(42)10-4-6-12(27)7-5-10/h1-9,21,43H,(H,40,45). The van der Waals surface area contributed by atoms with E-state index in [1.54, 1.807) is 0 Å². The van der Waals surface area contributed by atoms with Crippen LogP contribution in [0.3, 0.4) is 0 Å². The molecular formula is C25H12BrF13N2O3S. The van der Waals surface area contributed by atoms with E-state index >= 15 is 8.78 Å². The predicted octanol–water partition coefficient (Wildman–Crippen LogP) is 9.08. The molecule has 3 aromatic rings. The van der Waals surface area contributed by atoms with Crippen LogP contribution in [-0.2, 0) is 5.67 Å². The monoisotopic (exact) mass is 746 g/mol. The molecule has 20 heteroatoms. The number of carbonyl (C=O) groups excluding carboxylic acids is 1. The van der Waals surface area contributed by atoms with Crippen molar-refractivity contribution in [2.75, 3.05) is 10.4 Å². The molecule has 45 heavy (non-hydrogen) atoms. The normalized spacial score (nSPS) is 13.8. The molecule has 0 aliphatic heterocycles. The van der Waals surface area contributed by atoms with Crippen molar-refractivity contribution >= 4 is 50.4 Å². The highest BCUT2D eigenvalue weighted by Gasteiger charge is 2.81. The molecule has 1 atom stereocenters. The van der Waals surface area contributed by atoms with Gasteiger partial charge in [-0.25, -0.2) is 13.2 Å². The summed E-state index contributed by atoms with van der Waals surface area (Å²) in [5, 5.41) is 12.1. The zero-order chi connectivity index (χ0) is 34.3. The molecule has 3 rings (SSSR count). The van der Waals surface area contributed by atoms with Crippen LogP contribution in [0.15, 0.2) is 59.1 Å². The summed E-state index contributed by atoms with van der Waals surface area (Å²) in [7, 11) is 0. The summed E-state index contributed by atoms with van der Waals surface area (Å²) in [6, 6.07) is 5.53. The third-order valence-corrected chi connectivity index (χ3v) is 6.77. The number of amides is 1. The van der Waals surface area contributed by atoms with Gasteiger partial charge in [0.25, 0.3) is 5.91 Å². The van der Waals surface area contributed by atoms with E-state index in [1.807, 2.05) is 5.32 Å². The average Bonchev–Trinajstić information content (AvgIpc) is 2.92. The number of benzene rings is 3. The zero-order valence-electron chi connectivity index (χ0n) is 21.2. The number of hydroxylamine groups is 1. The molecule has 244 valence electrons. The smallest absolute Gasteiger partial charge is 0.433 e. The second kappa shape index (κ2) is 12.6. The van der Waals surface area contributed by atoms with Crippen molar-refractivity contribution < 1.29 is 71.8 Å². The molecule has 0 spiro atoms. The maximum atomic E-state index is 15.4. The number of hydrogen-bond donors (Lipinski definition) is 2. The molecule has 0 aliphatic carbocycles. The number of halogens is 14. The minimum atomic E-state index is -7.14. The fourth-order valence-electron chi connectivity index (χ4n) is 3.67. The summed E-state index contributed by atoms with van der Waals surface area (Å²) in [5.41, 5.74) is -12.0. The first-order chi connectivity index (χ1) is 20.5. The maximum Gasteiger partial charge on any atom is 0.457 e. The van der Waals surface area contributed by atoms with Gasteiger partial charge in [-0.2, -0.15) is 49.0 Å². The van der Waals surface area contributed by atoms with Gasteiger partial charge in [0.1, 0.15) is 16.5 Å². The minimum absolute atomic E-state index is 0.219. The molecule has 0 saturated heterocycles. The van der Waals surface area contributed by atoms with Crippen molar-refractivity contribution in [3.63, 3.8) is 0 Å². The number of ether oxygens (including phenoxy) is 1. The lowest BCUT2D eigenvalue weighted by Crippen LogP contribution is -2.59. The molecule has 5 nitrogen and oxygen atoms in total. The van der Waals surface area contributed by atoms with Crippen LogP contribution in [-0.4, -0.2) is 41.0 Å². The number of thiocarbonyl (C=S) groups is 1. The van der Waals surface area contributed by atoms with Gasteiger partial charge in [0, 0.05) is 21.2 Å². The van der Waals surface area contributed by atoms with E-state index in [2.05, 4.69) is 20.7 Å². The number of rotatable bonds is 8. The number of nitrogens with one attached hydrogen (secondary N) is 1. The molecule has 1 amide bonds. The molecule has 0 heterocycles. The molecule has 0 aliphatic rings. The van der Waals surface area contributed by atoms with Crippen molar-refractivity contribution in [3.05, 3.63) is 87.4 Å². The first kappa shape index (κ1) is 35.8. The summed E-state index contributed by atoms with van der Waals surface area (Å²) in [6.07, 6.45) is -14.1. The quantitative estimate of drug-likeness (QED) is 0.104. The van der Waals surface area contributed by atoms with Crippen molar-refractivity contribution in [1.82, 2.24) is 0 Å². The van der Waals surface area contributed by atoms with Crippen LogP contribution >= 0.6 is 28.1 Å². The fourth-order valence-corrected chi connectivity index (χ4v) is 4.47. The Morgan fingerprint density at radius 2 is 1.49 bits per heavy atom. The summed E-state index contributed by atoms with van der Waals surface area (Å²) < 4.78 is 180. The second-order valence-corrected chi connectivity index (χ2v) is 9.92. The average molecular weight is 747 g/mol. The van der Waals surface area contributed by atoms with E-state index in [9.17, 15) is 58.3 Å². The number of hydrogen-bond acceptors (Lipinski definition) is 4. The third kappa shape index (κ3) is 6.81. The van der Waals surface area contributed by atoms with Gasteiger partial charge in [0.2, 0.25) is 0 Å². The van der Waals surface area contributed by atoms with Crippen LogP contribution in [0, 0.1) is 11.6 Å². The van der Waals surface area contributed by atoms with Gasteiger partial charge in [-0.3, -0.25) is 10.0 Å². The van der Waals surface area contributed by atoms with Gasteiger partial charge in [0.05, 0.1) is 5.69 Å². The van der Waals surface area contributed by atoms with Crippen LogP contribution in [0.1, 0.15) is 21.5 Å². The van der Waals surface area contributed by atoms with Crippen molar-refractivity contribution in [1.29, 1.82) is 0 Å². The maximum absolute atomic E-state index is 15.4. The Kier molecular flexibility index (Phi) is 10.1. The Labute approximate surface area is 256 Å². The van der Waals surface area contributed by atoms with E-state index in [-0.39, 0.29) is 16.7 Å². The van der Waals surface area contributed by atoms with E-state index in [0.717, 1.165) is 42.5 Å². The van der Waals surface area contributed by atoms with Crippen molar-refractivity contribution in [2.45, 2.75) is 30.6 Å². The van der Waals surface area contributed by atoms with E-state index in [4.69, 9.17) is 12.2 Å². The van der Waals surface area contributed by atoms with Gasteiger partial charge in [-0.05, 0) is 64.5 Å². The minimum Gasteiger partial charge on any atom is -0.433 e. The third-order valence-electron chi connectivity index (χ3n) is 5.82. The van der Waals surface area contributed by atoms with E-state index in [1.165, 1.54) is 0 Å². The van der Waals surface area contributed by atoms with Crippen LogP contribution in [0.25, 0.3) is 0 Å². The van der Waals surface area contributed by atoms with Crippen LogP contribution in [0.4, 0.5) is 68.5 Å². The Bertz CT molecular complexity index is 1600. The molecular weight excluding hydrogens is 735 g/mol. The first-order valence-electron chi connectivity index (χ1n) is 11.4. The highest BCUT2D eigenvalue weighted by molar-refractivity contribution is 9.10.